The highest BCUT2D eigenvalue weighted by molar-refractivity contribution is 5.52. The van der Waals surface area contributed by atoms with E-state index < -0.39 is 0 Å². The quantitative estimate of drug-likeness (QED) is 0.563. The van der Waals surface area contributed by atoms with Crippen LogP contribution in [0.2, 0.25) is 0 Å². The third-order valence-corrected chi connectivity index (χ3v) is 5.19. The van der Waals surface area contributed by atoms with Crippen molar-refractivity contribution in [1.82, 2.24) is 5.06 Å². The molecule has 3 aliphatic rings. The Balaban J connectivity index is 1.80. The Morgan fingerprint density at radius 1 is 1.25 bits per heavy atom. The average molecular weight is 221 g/mol. The van der Waals surface area contributed by atoms with Crippen molar-refractivity contribution < 1.29 is 5.21 Å². The first kappa shape index (κ1) is 10.6. The molecule has 1 spiro atoms. The standard InChI is InChI=1S/C14H23NO/c1-3-5-6-7-13-8-9-14(10-13)12(15(14)16)11(13)4-2/h16H,3-10H2,1-2H3. The van der Waals surface area contributed by atoms with Gasteiger partial charge in [-0.1, -0.05) is 33.1 Å². The van der Waals surface area contributed by atoms with Crippen molar-refractivity contribution in [3.8, 4) is 0 Å². The molecule has 1 heterocycles. The van der Waals surface area contributed by atoms with E-state index in [-0.39, 0.29) is 5.54 Å². The number of fused-ring (bicyclic) bond motifs is 1. The van der Waals surface area contributed by atoms with E-state index in [1.54, 1.807) is 10.6 Å². The van der Waals surface area contributed by atoms with E-state index >= 15 is 0 Å². The fourth-order valence-corrected chi connectivity index (χ4v) is 4.41. The molecule has 1 saturated carbocycles. The summed E-state index contributed by atoms with van der Waals surface area (Å²) in [6.07, 6.45) is 10.3. The topological polar surface area (TPSA) is 23.2 Å². The zero-order valence-corrected chi connectivity index (χ0v) is 10.6. The SMILES string of the molecule is CCCCCC12CCC3(C1)C(=C2CC)N3O. The van der Waals surface area contributed by atoms with Crippen LogP contribution in [0.4, 0.5) is 0 Å². The maximum Gasteiger partial charge on any atom is 0.109 e. The van der Waals surface area contributed by atoms with Gasteiger partial charge in [0.25, 0.3) is 0 Å². The smallest absolute Gasteiger partial charge is 0.109 e. The van der Waals surface area contributed by atoms with E-state index in [9.17, 15) is 5.21 Å². The molecule has 16 heavy (non-hydrogen) atoms. The van der Waals surface area contributed by atoms with Crippen LogP contribution in [-0.4, -0.2) is 15.8 Å². The Labute approximate surface area is 98.3 Å². The highest BCUT2D eigenvalue weighted by Crippen LogP contribution is 2.72. The van der Waals surface area contributed by atoms with Gasteiger partial charge in [0.15, 0.2) is 0 Å². The first-order chi connectivity index (χ1) is 7.70. The highest BCUT2D eigenvalue weighted by Gasteiger charge is 2.72. The van der Waals surface area contributed by atoms with Crippen molar-refractivity contribution in [2.75, 3.05) is 0 Å². The van der Waals surface area contributed by atoms with Crippen molar-refractivity contribution in [3.05, 3.63) is 11.3 Å². The molecule has 2 bridgehead atoms. The molecule has 3 rings (SSSR count). The number of rotatable bonds is 5. The minimum Gasteiger partial charge on any atom is -0.288 e. The largest absolute Gasteiger partial charge is 0.288 e. The zero-order valence-electron chi connectivity index (χ0n) is 10.6. The summed E-state index contributed by atoms with van der Waals surface area (Å²) in [4.78, 5) is 0. The van der Waals surface area contributed by atoms with Gasteiger partial charge >= 0.3 is 0 Å². The maximum absolute atomic E-state index is 9.89. The molecule has 2 aliphatic carbocycles. The lowest BCUT2D eigenvalue weighted by atomic mass is 9.75. The lowest BCUT2D eigenvalue weighted by Gasteiger charge is -2.30. The summed E-state index contributed by atoms with van der Waals surface area (Å²) >= 11 is 0. The van der Waals surface area contributed by atoms with Crippen molar-refractivity contribution >= 4 is 0 Å². The van der Waals surface area contributed by atoms with Crippen LogP contribution in [0, 0.1) is 5.41 Å². The minimum absolute atomic E-state index is 0.136. The Kier molecular flexibility index (Phi) is 2.16. The first-order valence-electron chi connectivity index (χ1n) is 6.93. The van der Waals surface area contributed by atoms with Gasteiger partial charge in [-0.05, 0) is 43.1 Å². The summed E-state index contributed by atoms with van der Waals surface area (Å²) in [5, 5.41) is 11.5. The van der Waals surface area contributed by atoms with Crippen molar-refractivity contribution in [1.29, 1.82) is 0 Å². The summed E-state index contributed by atoms with van der Waals surface area (Å²) in [5.74, 6) is 0. The molecule has 2 heteroatoms. The lowest BCUT2D eigenvalue weighted by molar-refractivity contribution is -0.00450. The Bertz CT molecular complexity index is 349. The van der Waals surface area contributed by atoms with Crippen LogP contribution >= 0.6 is 0 Å². The van der Waals surface area contributed by atoms with Gasteiger partial charge in [-0.15, -0.1) is 0 Å². The lowest BCUT2D eigenvalue weighted by Crippen LogP contribution is -2.21. The van der Waals surface area contributed by atoms with Crippen LogP contribution in [0.1, 0.15) is 65.2 Å². The van der Waals surface area contributed by atoms with Gasteiger partial charge in [-0.3, -0.25) is 5.21 Å². The number of hydrogen-bond acceptors (Lipinski definition) is 2. The van der Waals surface area contributed by atoms with E-state index in [4.69, 9.17) is 0 Å². The Morgan fingerprint density at radius 3 is 2.75 bits per heavy atom. The highest BCUT2D eigenvalue weighted by atomic mass is 16.5. The van der Waals surface area contributed by atoms with E-state index in [1.807, 2.05) is 0 Å². The molecule has 2 fully saturated rings. The molecule has 2 atom stereocenters. The van der Waals surface area contributed by atoms with Crippen LogP contribution in [0.5, 0.6) is 0 Å². The second kappa shape index (κ2) is 3.25. The second-order valence-electron chi connectivity index (χ2n) is 5.94. The molecule has 0 aromatic carbocycles. The molecule has 1 saturated heterocycles. The molecule has 1 aliphatic heterocycles. The summed E-state index contributed by atoms with van der Waals surface area (Å²) in [6, 6.07) is 0. The van der Waals surface area contributed by atoms with E-state index in [0.717, 1.165) is 6.42 Å². The number of hydroxylamine groups is 2. The fourth-order valence-electron chi connectivity index (χ4n) is 4.41. The third kappa shape index (κ3) is 1.07. The Hall–Kier alpha value is -0.500. The van der Waals surface area contributed by atoms with Crippen molar-refractivity contribution in [2.24, 2.45) is 5.41 Å². The predicted octanol–water partition coefficient (Wildman–Crippen LogP) is 3.86. The minimum atomic E-state index is 0.136. The van der Waals surface area contributed by atoms with Gasteiger partial charge in [0.05, 0.1) is 5.70 Å². The molecular formula is C14H23NO. The molecule has 0 aromatic heterocycles. The van der Waals surface area contributed by atoms with E-state index in [2.05, 4.69) is 13.8 Å². The van der Waals surface area contributed by atoms with E-state index in [0.29, 0.717) is 5.41 Å². The van der Waals surface area contributed by atoms with Crippen LogP contribution in [0.3, 0.4) is 0 Å². The van der Waals surface area contributed by atoms with Crippen LogP contribution in [0.25, 0.3) is 0 Å². The molecule has 0 aromatic rings. The van der Waals surface area contributed by atoms with Gasteiger partial charge in [0.1, 0.15) is 5.54 Å². The van der Waals surface area contributed by atoms with Gasteiger partial charge < -0.3 is 0 Å². The average Bonchev–Trinajstić information content (AvgIpc) is 2.67. The summed E-state index contributed by atoms with van der Waals surface area (Å²) < 4.78 is 0. The zero-order chi connectivity index (χ0) is 11.4. The summed E-state index contributed by atoms with van der Waals surface area (Å²) in [6.45, 7) is 4.53. The molecule has 0 radical (unpaired) electrons. The number of nitrogens with zero attached hydrogens (tertiary/aromatic N) is 1. The molecule has 2 nitrogen and oxygen atoms in total. The summed E-state index contributed by atoms with van der Waals surface area (Å²) in [7, 11) is 0. The van der Waals surface area contributed by atoms with Crippen molar-refractivity contribution in [3.63, 3.8) is 0 Å². The predicted molar refractivity (Wildman–Crippen MR) is 64.1 cm³/mol. The maximum atomic E-state index is 9.89. The van der Waals surface area contributed by atoms with Gasteiger partial charge in [0.2, 0.25) is 0 Å². The molecule has 2 unspecified atom stereocenters. The van der Waals surface area contributed by atoms with Crippen LogP contribution < -0.4 is 0 Å². The van der Waals surface area contributed by atoms with Crippen molar-refractivity contribution in [2.45, 2.75) is 70.8 Å². The third-order valence-electron chi connectivity index (χ3n) is 5.19. The van der Waals surface area contributed by atoms with E-state index in [1.165, 1.54) is 50.6 Å². The normalized spacial score (nSPS) is 39.6. The molecule has 0 amide bonds. The first-order valence-corrected chi connectivity index (χ1v) is 6.93. The fraction of sp³-hybridized carbons (Fsp3) is 0.857. The van der Waals surface area contributed by atoms with Crippen LogP contribution in [-0.2, 0) is 0 Å². The number of unbranched alkanes of at least 4 members (excludes halogenated alkanes) is 2. The summed E-state index contributed by atoms with van der Waals surface area (Å²) in [5.41, 5.74) is 3.55. The number of hydrogen-bond donors (Lipinski definition) is 1. The molecule has 90 valence electrons. The van der Waals surface area contributed by atoms with Gasteiger partial charge in [-0.2, -0.15) is 0 Å². The molecule has 1 N–H and O–H groups in total. The van der Waals surface area contributed by atoms with Gasteiger partial charge in [-0.25, -0.2) is 5.06 Å². The number of allylic oxidation sites excluding steroid dienone is 1. The molecular weight excluding hydrogens is 198 g/mol. The monoisotopic (exact) mass is 221 g/mol. The van der Waals surface area contributed by atoms with Gasteiger partial charge in [0, 0.05) is 0 Å². The Morgan fingerprint density at radius 2 is 2.06 bits per heavy atom. The van der Waals surface area contributed by atoms with Crippen LogP contribution in [0.15, 0.2) is 11.3 Å². The second-order valence-corrected chi connectivity index (χ2v) is 5.94.